The summed E-state index contributed by atoms with van der Waals surface area (Å²) >= 11 is 0. The number of ether oxygens (including phenoxy) is 1. The maximum atomic E-state index is 12.8. The van der Waals surface area contributed by atoms with Crippen LogP contribution in [0.5, 0.6) is 0 Å². The van der Waals surface area contributed by atoms with E-state index in [1.807, 2.05) is 11.0 Å². The van der Waals surface area contributed by atoms with Crippen molar-refractivity contribution in [2.45, 2.75) is 50.4 Å². The minimum atomic E-state index is -0.879. The van der Waals surface area contributed by atoms with Crippen LogP contribution in [0, 0.1) is 11.3 Å². The lowest BCUT2D eigenvalue weighted by Crippen LogP contribution is -2.49. The van der Waals surface area contributed by atoms with Gasteiger partial charge in [-0.1, -0.05) is 0 Å². The van der Waals surface area contributed by atoms with E-state index in [1.165, 1.54) is 4.90 Å². The Bertz CT molecular complexity index is 816. The molecule has 3 atom stereocenters. The maximum absolute atomic E-state index is 12.8. The van der Waals surface area contributed by atoms with Gasteiger partial charge in [0.15, 0.2) is 0 Å². The summed E-state index contributed by atoms with van der Waals surface area (Å²) in [6.07, 6.45) is 4.14. The first kappa shape index (κ1) is 20.4. The molecule has 3 aliphatic heterocycles. The van der Waals surface area contributed by atoms with E-state index in [4.69, 9.17) is 10.00 Å². The SMILES string of the molecule is N#Cc1ccc(N2CCN(C(=O)CC3CCC([C@@H]4CCCN4C(=O)O)O3)CC2)nc1. The molecular weight excluding hydrogens is 386 g/mol. The van der Waals surface area contributed by atoms with E-state index in [9.17, 15) is 14.7 Å². The van der Waals surface area contributed by atoms with Crippen molar-refractivity contribution in [3.8, 4) is 6.07 Å². The number of carboxylic acid groups (broad SMARTS) is 1. The molecule has 0 saturated carbocycles. The second kappa shape index (κ2) is 8.88. The summed E-state index contributed by atoms with van der Waals surface area (Å²) in [5.74, 6) is 0.914. The van der Waals surface area contributed by atoms with Crippen LogP contribution in [0.25, 0.3) is 0 Å². The fourth-order valence-electron chi connectivity index (χ4n) is 4.73. The molecule has 160 valence electrons. The minimum Gasteiger partial charge on any atom is -0.465 e. The number of carbonyl (C=O) groups is 2. The Kier molecular flexibility index (Phi) is 6.04. The molecule has 4 heterocycles. The highest BCUT2D eigenvalue weighted by Gasteiger charge is 2.40. The van der Waals surface area contributed by atoms with Crippen molar-refractivity contribution in [3.63, 3.8) is 0 Å². The van der Waals surface area contributed by atoms with Gasteiger partial charge in [0.2, 0.25) is 5.91 Å². The van der Waals surface area contributed by atoms with Crippen LogP contribution in [0.15, 0.2) is 18.3 Å². The third-order valence-corrected chi connectivity index (χ3v) is 6.35. The van der Waals surface area contributed by atoms with Gasteiger partial charge < -0.3 is 24.5 Å². The highest BCUT2D eigenvalue weighted by atomic mass is 16.5. The van der Waals surface area contributed by atoms with Crippen molar-refractivity contribution >= 4 is 17.8 Å². The van der Waals surface area contributed by atoms with E-state index in [-0.39, 0.29) is 24.2 Å². The molecule has 0 bridgehead atoms. The first-order chi connectivity index (χ1) is 14.5. The quantitative estimate of drug-likeness (QED) is 0.800. The van der Waals surface area contributed by atoms with Crippen molar-refractivity contribution in [2.75, 3.05) is 37.6 Å². The van der Waals surface area contributed by atoms with Crippen LogP contribution in [-0.2, 0) is 9.53 Å². The topological polar surface area (TPSA) is 110 Å². The molecule has 2 amide bonds. The molecule has 1 N–H and O–H groups in total. The Hall–Kier alpha value is -2.86. The Morgan fingerprint density at radius 3 is 2.63 bits per heavy atom. The second-order valence-corrected chi connectivity index (χ2v) is 8.15. The van der Waals surface area contributed by atoms with E-state index in [2.05, 4.69) is 16.0 Å². The van der Waals surface area contributed by atoms with E-state index >= 15 is 0 Å². The Morgan fingerprint density at radius 1 is 1.17 bits per heavy atom. The van der Waals surface area contributed by atoms with Crippen molar-refractivity contribution in [1.29, 1.82) is 5.26 Å². The zero-order valence-electron chi connectivity index (χ0n) is 16.9. The predicted octanol–water partition coefficient (Wildman–Crippen LogP) is 1.68. The fourth-order valence-corrected chi connectivity index (χ4v) is 4.73. The van der Waals surface area contributed by atoms with Gasteiger partial charge in [-0.3, -0.25) is 4.79 Å². The zero-order chi connectivity index (χ0) is 21.1. The number of aromatic nitrogens is 1. The number of hydrogen-bond donors (Lipinski definition) is 1. The summed E-state index contributed by atoms with van der Waals surface area (Å²) < 4.78 is 6.10. The molecule has 2 unspecified atom stereocenters. The molecule has 4 rings (SSSR count). The standard InChI is InChI=1S/C21H27N5O4/c22-13-15-3-6-19(23-14-15)24-8-10-25(11-9-24)20(27)12-16-4-5-18(30-16)17-2-1-7-26(17)21(28)29/h3,6,14,16-18H,1-2,4-5,7-12H2,(H,28,29)/t16?,17-,18?/m0/s1. The van der Waals surface area contributed by atoms with Gasteiger partial charge in [0.1, 0.15) is 11.9 Å². The van der Waals surface area contributed by atoms with Crippen molar-refractivity contribution in [2.24, 2.45) is 0 Å². The number of nitriles is 1. The molecule has 3 fully saturated rings. The fraction of sp³-hybridized carbons (Fsp3) is 0.619. The monoisotopic (exact) mass is 413 g/mol. The van der Waals surface area contributed by atoms with Crippen LogP contribution < -0.4 is 4.90 Å². The Morgan fingerprint density at radius 2 is 1.97 bits per heavy atom. The maximum Gasteiger partial charge on any atom is 0.407 e. The average Bonchev–Trinajstić information content (AvgIpc) is 3.43. The van der Waals surface area contributed by atoms with E-state index in [1.54, 1.807) is 12.3 Å². The van der Waals surface area contributed by atoms with Crippen LogP contribution >= 0.6 is 0 Å². The molecule has 30 heavy (non-hydrogen) atoms. The van der Waals surface area contributed by atoms with Crippen LogP contribution in [0.3, 0.4) is 0 Å². The molecule has 0 spiro atoms. The third kappa shape index (κ3) is 4.33. The molecule has 1 aromatic rings. The first-order valence-electron chi connectivity index (χ1n) is 10.6. The second-order valence-electron chi connectivity index (χ2n) is 8.15. The zero-order valence-corrected chi connectivity index (χ0v) is 16.9. The lowest BCUT2D eigenvalue weighted by Gasteiger charge is -2.36. The third-order valence-electron chi connectivity index (χ3n) is 6.35. The highest BCUT2D eigenvalue weighted by molar-refractivity contribution is 5.77. The van der Waals surface area contributed by atoms with Gasteiger partial charge in [0, 0.05) is 38.9 Å². The molecule has 9 nitrogen and oxygen atoms in total. The number of likely N-dealkylation sites (tertiary alicyclic amines) is 1. The van der Waals surface area contributed by atoms with Crippen LogP contribution in [0.1, 0.15) is 37.7 Å². The molecule has 9 heteroatoms. The summed E-state index contributed by atoms with van der Waals surface area (Å²) in [7, 11) is 0. The first-order valence-corrected chi connectivity index (χ1v) is 10.6. The largest absolute Gasteiger partial charge is 0.465 e. The number of piperazine rings is 1. The van der Waals surface area contributed by atoms with Crippen LogP contribution in [0.4, 0.5) is 10.6 Å². The average molecular weight is 413 g/mol. The van der Waals surface area contributed by atoms with Crippen molar-refractivity contribution in [1.82, 2.24) is 14.8 Å². The summed E-state index contributed by atoms with van der Waals surface area (Å²) in [5.41, 5.74) is 0.534. The van der Waals surface area contributed by atoms with E-state index in [0.29, 0.717) is 44.7 Å². The summed E-state index contributed by atoms with van der Waals surface area (Å²) in [6.45, 7) is 3.24. The summed E-state index contributed by atoms with van der Waals surface area (Å²) in [5, 5.41) is 18.2. The molecular formula is C21H27N5O4. The Labute approximate surface area is 175 Å². The number of carbonyl (C=O) groups excluding carboxylic acids is 1. The van der Waals surface area contributed by atoms with Gasteiger partial charge >= 0.3 is 6.09 Å². The number of amides is 2. The molecule has 3 saturated heterocycles. The van der Waals surface area contributed by atoms with Crippen LogP contribution in [-0.4, -0.2) is 82.9 Å². The number of nitrogens with zero attached hydrogens (tertiary/aromatic N) is 5. The molecule has 0 radical (unpaired) electrons. The Balaban J connectivity index is 1.24. The molecule has 3 aliphatic rings. The normalized spacial score (nSPS) is 26.6. The van der Waals surface area contributed by atoms with Gasteiger partial charge in [0.05, 0.1) is 30.2 Å². The minimum absolute atomic E-state index is 0.0777. The van der Waals surface area contributed by atoms with Gasteiger partial charge in [0.25, 0.3) is 0 Å². The van der Waals surface area contributed by atoms with Crippen molar-refractivity contribution < 1.29 is 19.4 Å². The smallest absolute Gasteiger partial charge is 0.407 e. The van der Waals surface area contributed by atoms with Gasteiger partial charge in [-0.25, -0.2) is 9.78 Å². The van der Waals surface area contributed by atoms with Crippen molar-refractivity contribution in [3.05, 3.63) is 23.9 Å². The van der Waals surface area contributed by atoms with Gasteiger partial charge in [-0.15, -0.1) is 0 Å². The number of pyridine rings is 1. The molecule has 1 aromatic heterocycles. The van der Waals surface area contributed by atoms with E-state index < -0.39 is 6.09 Å². The highest BCUT2D eigenvalue weighted by Crippen LogP contribution is 2.32. The summed E-state index contributed by atoms with van der Waals surface area (Å²) in [6, 6.07) is 5.58. The van der Waals surface area contributed by atoms with Crippen LogP contribution in [0.2, 0.25) is 0 Å². The molecule has 0 aromatic carbocycles. The lowest BCUT2D eigenvalue weighted by molar-refractivity contribution is -0.134. The molecule has 0 aliphatic carbocycles. The van der Waals surface area contributed by atoms with E-state index in [0.717, 1.165) is 31.5 Å². The predicted molar refractivity (Wildman–Crippen MR) is 108 cm³/mol. The number of rotatable bonds is 4. The number of anilines is 1. The number of hydrogen-bond acceptors (Lipinski definition) is 6. The lowest BCUT2D eigenvalue weighted by atomic mass is 10.0. The van der Waals surface area contributed by atoms with Gasteiger partial charge in [-0.05, 0) is 37.8 Å². The van der Waals surface area contributed by atoms with Gasteiger partial charge in [-0.2, -0.15) is 5.26 Å². The summed E-state index contributed by atoms with van der Waals surface area (Å²) in [4.78, 5) is 33.9.